The van der Waals surface area contributed by atoms with Crippen LogP contribution in [0.3, 0.4) is 0 Å². The molecule has 2 unspecified atom stereocenters. The van der Waals surface area contributed by atoms with E-state index >= 15 is 0 Å². The van der Waals surface area contributed by atoms with Gasteiger partial charge in [-0.3, -0.25) is 0 Å². The summed E-state index contributed by atoms with van der Waals surface area (Å²) in [6, 6.07) is 0.124. The van der Waals surface area contributed by atoms with Crippen LogP contribution in [0.15, 0.2) is 4.52 Å². The van der Waals surface area contributed by atoms with Crippen LogP contribution in [0.5, 0.6) is 0 Å². The molecule has 1 aliphatic carbocycles. The van der Waals surface area contributed by atoms with Gasteiger partial charge < -0.3 is 15.0 Å². The van der Waals surface area contributed by atoms with Gasteiger partial charge in [-0.25, -0.2) is 0 Å². The number of aryl methyl sites for hydroxylation is 1. The second-order valence-electron chi connectivity index (χ2n) is 5.38. The standard InChI is InChI=1S/C13H23N3O2/c1-13(8-4-3-6-10(13)14)12-15-11(16-18-12)7-5-9-17-2/h10H,3-9,14H2,1-2H3. The van der Waals surface area contributed by atoms with Crippen molar-refractivity contribution < 1.29 is 9.26 Å². The maximum atomic E-state index is 6.23. The minimum Gasteiger partial charge on any atom is -0.385 e. The lowest BCUT2D eigenvalue weighted by Crippen LogP contribution is -2.45. The van der Waals surface area contributed by atoms with Crippen LogP contribution < -0.4 is 5.73 Å². The first-order valence-corrected chi connectivity index (χ1v) is 6.74. The number of rotatable bonds is 5. The van der Waals surface area contributed by atoms with Crippen LogP contribution in [0.1, 0.15) is 50.7 Å². The minimum atomic E-state index is -0.148. The van der Waals surface area contributed by atoms with Gasteiger partial charge in [0.15, 0.2) is 5.82 Å². The van der Waals surface area contributed by atoms with Crippen LogP contribution >= 0.6 is 0 Å². The summed E-state index contributed by atoms with van der Waals surface area (Å²) in [4.78, 5) is 4.51. The Balaban J connectivity index is 2.04. The van der Waals surface area contributed by atoms with E-state index in [1.165, 1.54) is 12.8 Å². The molecule has 18 heavy (non-hydrogen) atoms. The molecule has 0 radical (unpaired) electrons. The fraction of sp³-hybridized carbons (Fsp3) is 0.846. The molecule has 102 valence electrons. The van der Waals surface area contributed by atoms with Crippen LogP contribution in [0.4, 0.5) is 0 Å². The van der Waals surface area contributed by atoms with Gasteiger partial charge >= 0.3 is 0 Å². The number of nitrogens with two attached hydrogens (primary N) is 1. The third-order valence-electron chi connectivity index (χ3n) is 3.99. The lowest BCUT2D eigenvalue weighted by atomic mass is 9.72. The average Bonchev–Trinajstić information content (AvgIpc) is 2.83. The van der Waals surface area contributed by atoms with Gasteiger partial charge in [0, 0.05) is 26.2 Å². The van der Waals surface area contributed by atoms with Crippen molar-refractivity contribution in [1.29, 1.82) is 0 Å². The zero-order chi connectivity index (χ0) is 13.0. The number of hydrogen-bond acceptors (Lipinski definition) is 5. The quantitative estimate of drug-likeness (QED) is 0.810. The molecule has 1 heterocycles. The Morgan fingerprint density at radius 1 is 1.50 bits per heavy atom. The van der Waals surface area contributed by atoms with Gasteiger partial charge in [0.1, 0.15) is 0 Å². The van der Waals surface area contributed by atoms with Crippen molar-refractivity contribution in [3.05, 3.63) is 11.7 Å². The summed E-state index contributed by atoms with van der Waals surface area (Å²) in [5.41, 5.74) is 6.08. The second-order valence-corrected chi connectivity index (χ2v) is 5.38. The Morgan fingerprint density at radius 3 is 3.06 bits per heavy atom. The molecule has 0 bridgehead atoms. The zero-order valence-corrected chi connectivity index (χ0v) is 11.3. The van der Waals surface area contributed by atoms with E-state index in [1.807, 2.05) is 0 Å². The number of nitrogens with zero attached hydrogens (tertiary/aromatic N) is 2. The maximum absolute atomic E-state index is 6.23. The molecule has 0 aromatic carbocycles. The molecule has 0 aliphatic heterocycles. The largest absolute Gasteiger partial charge is 0.385 e. The van der Waals surface area contributed by atoms with Gasteiger partial charge in [-0.1, -0.05) is 18.0 Å². The summed E-state index contributed by atoms with van der Waals surface area (Å²) >= 11 is 0. The fourth-order valence-corrected chi connectivity index (χ4v) is 2.59. The van der Waals surface area contributed by atoms with Gasteiger partial charge in [-0.15, -0.1) is 0 Å². The van der Waals surface area contributed by atoms with Gasteiger partial charge in [0.05, 0.1) is 5.41 Å². The molecule has 1 aromatic rings. The van der Waals surface area contributed by atoms with Gasteiger partial charge in [-0.2, -0.15) is 4.98 Å². The summed E-state index contributed by atoms with van der Waals surface area (Å²) in [7, 11) is 1.70. The Morgan fingerprint density at radius 2 is 2.33 bits per heavy atom. The molecule has 0 spiro atoms. The highest BCUT2D eigenvalue weighted by atomic mass is 16.5. The molecular weight excluding hydrogens is 230 g/mol. The Bertz CT molecular complexity index is 380. The van der Waals surface area contributed by atoms with Crippen molar-refractivity contribution in [3.8, 4) is 0 Å². The maximum Gasteiger partial charge on any atom is 0.234 e. The second kappa shape index (κ2) is 5.80. The number of hydrogen-bond donors (Lipinski definition) is 1. The van der Waals surface area contributed by atoms with E-state index in [0.717, 1.165) is 38.1 Å². The van der Waals surface area contributed by atoms with E-state index in [9.17, 15) is 0 Å². The Kier molecular flexibility index (Phi) is 4.35. The van der Waals surface area contributed by atoms with E-state index in [0.29, 0.717) is 5.89 Å². The highest BCUT2D eigenvalue weighted by molar-refractivity contribution is 5.10. The summed E-state index contributed by atoms with van der Waals surface area (Å²) in [5, 5.41) is 4.05. The highest BCUT2D eigenvalue weighted by Crippen LogP contribution is 2.37. The molecule has 2 rings (SSSR count). The van der Waals surface area contributed by atoms with E-state index in [-0.39, 0.29) is 11.5 Å². The number of methoxy groups -OCH3 is 1. The number of aromatic nitrogens is 2. The molecule has 1 aliphatic rings. The lowest BCUT2D eigenvalue weighted by Gasteiger charge is -2.35. The molecule has 1 saturated carbocycles. The van der Waals surface area contributed by atoms with Crippen molar-refractivity contribution in [3.63, 3.8) is 0 Å². The zero-order valence-electron chi connectivity index (χ0n) is 11.3. The van der Waals surface area contributed by atoms with E-state index in [1.54, 1.807) is 7.11 Å². The summed E-state index contributed by atoms with van der Waals surface area (Å²) in [6.07, 6.45) is 6.17. The highest BCUT2D eigenvalue weighted by Gasteiger charge is 2.40. The van der Waals surface area contributed by atoms with Crippen LogP contribution in [-0.2, 0) is 16.6 Å². The van der Waals surface area contributed by atoms with Crippen molar-refractivity contribution in [2.24, 2.45) is 5.73 Å². The predicted octanol–water partition coefficient (Wildman–Crippen LogP) is 1.81. The third kappa shape index (κ3) is 2.72. The van der Waals surface area contributed by atoms with Crippen LogP contribution in [-0.4, -0.2) is 29.9 Å². The van der Waals surface area contributed by atoms with Gasteiger partial charge in [0.2, 0.25) is 5.89 Å². The third-order valence-corrected chi connectivity index (χ3v) is 3.99. The average molecular weight is 253 g/mol. The van der Waals surface area contributed by atoms with E-state index < -0.39 is 0 Å². The molecule has 0 amide bonds. The van der Waals surface area contributed by atoms with Gasteiger partial charge in [0.25, 0.3) is 0 Å². The molecule has 2 atom stereocenters. The van der Waals surface area contributed by atoms with Crippen molar-refractivity contribution in [2.75, 3.05) is 13.7 Å². The molecule has 1 fully saturated rings. The summed E-state index contributed by atoms with van der Waals surface area (Å²) in [6.45, 7) is 2.87. The summed E-state index contributed by atoms with van der Waals surface area (Å²) in [5.74, 6) is 1.48. The summed E-state index contributed by atoms with van der Waals surface area (Å²) < 4.78 is 10.4. The lowest BCUT2D eigenvalue weighted by molar-refractivity contribution is 0.194. The van der Waals surface area contributed by atoms with E-state index in [4.69, 9.17) is 15.0 Å². The van der Waals surface area contributed by atoms with Crippen molar-refractivity contribution >= 4 is 0 Å². The van der Waals surface area contributed by atoms with Crippen LogP contribution in [0.2, 0.25) is 0 Å². The van der Waals surface area contributed by atoms with Gasteiger partial charge in [-0.05, 0) is 26.2 Å². The first-order valence-electron chi connectivity index (χ1n) is 6.74. The first-order chi connectivity index (χ1) is 8.66. The molecule has 5 nitrogen and oxygen atoms in total. The van der Waals surface area contributed by atoms with E-state index in [2.05, 4.69) is 17.1 Å². The smallest absolute Gasteiger partial charge is 0.234 e. The monoisotopic (exact) mass is 253 g/mol. The van der Waals surface area contributed by atoms with Crippen molar-refractivity contribution in [1.82, 2.24) is 10.1 Å². The van der Waals surface area contributed by atoms with Crippen LogP contribution in [0, 0.1) is 0 Å². The predicted molar refractivity (Wildman–Crippen MR) is 68.3 cm³/mol. The van der Waals surface area contributed by atoms with Crippen molar-refractivity contribution in [2.45, 2.75) is 56.9 Å². The SMILES string of the molecule is COCCCc1noc(C2(C)CCCCC2N)n1. The first kappa shape index (κ1) is 13.5. The number of ether oxygens (including phenoxy) is 1. The molecule has 2 N–H and O–H groups in total. The Hall–Kier alpha value is -0.940. The Labute approximate surface area is 108 Å². The fourth-order valence-electron chi connectivity index (χ4n) is 2.59. The molecular formula is C13H23N3O2. The normalized spacial score (nSPS) is 28.5. The topological polar surface area (TPSA) is 74.2 Å². The molecule has 0 saturated heterocycles. The molecule has 5 heteroatoms. The van der Waals surface area contributed by atoms with Crippen LogP contribution in [0.25, 0.3) is 0 Å². The molecule has 1 aromatic heterocycles. The minimum absolute atomic E-state index is 0.124.